The molecule has 1 heterocycles. The van der Waals surface area contributed by atoms with Gasteiger partial charge in [0.25, 0.3) is 0 Å². The molecular weight excluding hydrogens is 309 g/mol. The molecule has 3 rings (SSSR count). The second-order valence-electron chi connectivity index (χ2n) is 5.67. The van der Waals surface area contributed by atoms with Gasteiger partial charge in [-0.25, -0.2) is 12.8 Å². The minimum absolute atomic E-state index is 0.0305. The number of sulfonamides is 1. The molecule has 2 aliphatic rings. The van der Waals surface area contributed by atoms with Crippen LogP contribution < -0.4 is 4.74 Å². The van der Waals surface area contributed by atoms with Gasteiger partial charge in [-0.3, -0.25) is 0 Å². The first kappa shape index (κ1) is 15.7. The third kappa shape index (κ3) is 2.73. The average Bonchev–Trinajstić information content (AvgIpc) is 2.54. The van der Waals surface area contributed by atoms with E-state index in [9.17, 15) is 12.8 Å². The van der Waals surface area contributed by atoms with Gasteiger partial charge < -0.3 is 9.47 Å². The zero-order valence-corrected chi connectivity index (χ0v) is 13.3. The van der Waals surface area contributed by atoms with Crippen molar-refractivity contribution in [2.75, 3.05) is 20.3 Å². The van der Waals surface area contributed by atoms with E-state index >= 15 is 0 Å². The molecule has 2 atom stereocenters. The first-order valence-electron chi connectivity index (χ1n) is 7.51. The second kappa shape index (κ2) is 6.14. The van der Waals surface area contributed by atoms with Crippen molar-refractivity contribution in [1.29, 1.82) is 0 Å². The fraction of sp³-hybridized carbons (Fsp3) is 0.600. The SMILES string of the molecule is COc1ccc(S(=O)(=O)N2CCO[C@@H]3CCCC[C@@H]32)cc1F. The van der Waals surface area contributed by atoms with Gasteiger partial charge >= 0.3 is 0 Å². The lowest BCUT2D eigenvalue weighted by atomic mass is 9.91. The minimum Gasteiger partial charge on any atom is -0.494 e. The fourth-order valence-electron chi connectivity index (χ4n) is 3.30. The first-order valence-corrected chi connectivity index (χ1v) is 8.95. The van der Waals surface area contributed by atoms with Crippen LogP contribution in [-0.4, -0.2) is 45.1 Å². The molecule has 0 spiro atoms. The Labute approximate surface area is 130 Å². The predicted molar refractivity (Wildman–Crippen MR) is 78.8 cm³/mol. The maximum absolute atomic E-state index is 13.8. The number of nitrogens with zero attached hydrogens (tertiary/aromatic N) is 1. The summed E-state index contributed by atoms with van der Waals surface area (Å²) in [5, 5.41) is 0. The third-order valence-electron chi connectivity index (χ3n) is 4.41. The zero-order valence-electron chi connectivity index (χ0n) is 12.5. The molecule has 0 N–H and O–H groups in total. The molecule has 1 aliphatic carbocycles. The summed E-state index contributed by atoms with van der Waals surface area (Å²) in [6.07, 6.45) is 3.69. The molecule has 1 aliphatic heterocycles. The van der Waals surface area contributed by atoms with Gasteiger partial charge in [-0.15, -0.1) is 0 Å². The van der Waals surface area contributed by atoms with E-state index < -0.39 is 15.8 Å². The first-order chi connectivity index (χ1) is 10.5. The van der Waals surface area contributed by atoms with Crippen molar-refractivity contribution in [3.63, 3.8) is 0 Å². The van der Waals surface area contributed by atoms with Gasteiger partial charge in [0.2, 0.25) is 10.0 Å². The summed E-state index contributed by atoms with van der Waals surface area (Å²) in [6, 6.07) is 3.63. The molecule has 0 aromatic heterocycles. The Morgan fingerprint density at radius 2 is 2.09 bits per heavy atom. The quantitative estimate of drug-likeness (QED) is 0.853. The molecule has 2 fully saturated rings. The third-order valence-corrected chi connectivity index (χ3v) is 6.33. The number of hydrogen-bond acceptors (Lipinski definition) is 4. The Morgan fingerprint density at radius 1 is 1.32 bits per heavy atom. The van der Waals surface area contributed by atoms with E-state index in [4.69, 9.17) is 9.47 Å². The Hall–Kier alpha value is -1.18. The molecule has 1 aromatic rings. The standard InChI is InChI=1S/C15H20FNO4S/c1-20-14-7-6-11(10-12(14)16)22(18,19)17-8-9-21-15-5-3-2-4-13(15)17/h6-7,10,13,15H,2-5,8-9H2,1H3/t13-,15+/m0/s1. The number of rotatable bonds is 3. The van der Waals surface area contributed by atoms with Crippen molar-refractivity contribution >= 4 is 10.0 Å². The number of methoxy groups -OCH3 is 1. The minimum atomic E-state index is -3.72. The van der Waals surface area contributed by atoms with Crippen LogP contribution >= 0.6 is 0 Å². The number of fused-ring (bicyclic) bond motifs is 1. The molecule has 22 heavy (non-hydrogen) atoms. The normalized spacial score (nSPS) is 26.5. The van der Waals surface area contributed by atoms with Gasteiger partial charge in [-0.05, 0) is 31.0 Å². The van der Waals surface area contributed by atoms with Crippen molar-refractivity contribution in [3.05, 3.63) is 24.0 Å². The number of halogens is 1. The van der Waals surface area contributed by atoms with Crippen LogP contribution in [0.15, 0.2) is 23.1 Å². The van der Waals surface area contributed by atoms with Crippen LogP contribution in [0.4, 0.5) is 4.39 Å². The smallest absolute Gasteiger partial charge is 0.243 e. The molecule has 1 saturated carbocycles. The maximum Gasteiger partial charge on any atom is 0.243 e. The highest BCUT2D eigenvalue weighted by molar-refractivity contribution is 7.89. The Bertz CT molecular complexity index is 647. The Kier molecular flexibility index (Phi) is 4.38. The summed E-state index contributed by atoms with van der Waals surface area (Å²) in [5.74, 6) is -0.631. The van der Waals surface area contributed by atoms with E-state index in [1.165, 1.54) is 23.5 Å². The van der Waals surface area contributed by atoms with E-state index in [1.54, 1.807) is 0 Å². The molecule has 5 nitrogen and oxygen atoms in total. The molecule has 122 valence electrons. The molecule has 0 radical (unpaired) electrons. The van der Waals surface area contributed by atoms with Gasteiger partial charge in [0.15, 0.2) is 11.6 Å². The van der Waals surface area contributed by atoms with Gasteiger partial charge in [-0.2, -0.15) is 4.31 Å². The lowest BCUT2D eigenvalue weighted by Crippen LogP contribution is -2.54. The molecule has 1 saturated heterocycles. The van der Waals surface area contributed by atoms with Crippen LogP contribution in [0.3, 0.4) is 0 Å². The van der Waals surface area contributed by atoms with E-state index in [2.05, 4.69) is 0 Å². The molecule has 0 amide bonds. The molecule has 1 aromatic carbocycles. The highest BCUT2D eigenvalue weighted by Gasteiger charge is 2.41. The van der Waals surface area contributed by atoms with Gasteiger partial charge in [0.1, 0.15) is 0 Å². The highest BCUT2D eigenvalue weighted by Crippen LogP contribution is 2.33. The molecule has 0 bridgehead atoms. The zero-order chi connectivity index (χ0) is 15.7. The number of ether oxygens (including phenoxy) is 2. The maximum atomic E-state index is 13.8. The fourth-order valence-corrected chi connectivity index (χ4v) is 4.98. The van der Waals surface area contributed by atoms with Crippen LogP contribution in [0.2, 0.25) is 0 Å². The average molecular weight is 329 g/mol. The van der Waals surface area contributed by atoms with Crippen LogP contribution in [0.1, 0.15) is 25.7 Å². The monoisotopic (exact) mass is 329 g/mol. The number of benzene rings is 1. The van der Waals surface area contributed by atoms with Crippen LogP contribution in [0, 0.1) is 5.82 Å². The summed E-state index contributed by atoms with van der Waals surface area (Å²) >= 11 is 0. The lowest BCUT2D eigenvalue weighted by Gasteiger charge is -2.42. The van der Waals surface area contributed by atoms with Crippen molar-refractivity contribution in [1.82, 2.24) is 4.31 Å². The molecular formula is C15H20FNO4S. The highest BCUT2D eigenvalue weighted by atomic mass is 32.2. The van der Waals surface area contributed by atoms with Crippen molar-refractivity contribution in [2.24, 2.45) is 0 Å². The van der Waals surface area contributed by atoms with Crippen LogP contribution in [-0.2, 0) is 14.8 Å². The number of hydrogen-bond donors (Lipinski definition) is 0. The predicted octanol–water partition coefficient (Wildman–Crippen LogP) is 2.17. The van der Waals surface area contributed by atoms with Gasteiger partial charge in [0.05, 0.1) is 30.8 Å². The van der Waals surface area contributed by atoms with Crippen LogP contribution in [0.25, 0.3) is 0 Å². The second-order valence-corrected chi connectivity index (χ2v) is 7.56. The molecule has 0 unspecified atom stereocenters. The largest absolute Gasteiger partial charge is 0.494 e. The number of morpholine rings is 1. The van der Waals surface area contributed by atoms with E-state index in [-0.39, 0.29) is 22.8 Å². The van der Waals surface area contributed by atoms with E-state index in [0.717, 1.165) is 31.7 Å². The summed E-state index contributed by atoms with van der Waals surface area (Å²) in [7, 11) is -2.37. The van der Waals surface area contributed by atoms with Gasteiger partial charge in [0, 0.05) is 6.54 Å². The Balaban J connectivity index is 1.92. The van der Waals surface area contributed by atoms with Crippen molar-refractivity contribution in [2.45, 2.75) is 42.7 Å². The molecule has 7 heteroatoms. The van der Waals surface area contributed by atoms with E-state index in [1.807, 2.05) is 0 Å². The Morgan fingerprint density at radius 3 is 2.82 bits per heavy atom. The topological polar surface area (TPSA) is 55.8 Å². The summed E-state index contributed by atoms with van der Waals surface area (Å²) in [4.78, 5) is -0.0305. The van der Waals surface area contributed by atoms with Crippen molar-refractivity contribution < 1.29 is 22.3 Å². The van der Waals surface area contributed by atoms with Crippen LogP contribution in [0.5, 0.6) is 5.75 Å². The summed E-state index contributed by atoms with van der Waals surface area (Å²) < 4.78 is 51.6. The van der Waals surface area contributed by atoms with Gasteiger partial charge in [-0.1, -0.05) is 12.8 Å². The van der Waals surface area contributed by atoms with E-state index in [0.29, 0.717) is 13.2 Å². The lowest BCUT2D eigenvalue weighted by molar-refractivity contribution is -0.0586. The summed E-state index contributed by atoms with van der Waals surface area (Å²) in [5.41, 5.74) is 0. The summed E-state index contributed by atoms with van der Waals surface area (Å²) in [6.45, 7) is 0.705. The van der Waals surface area contributed by atoms with Crippen molar-refractivity contribution in [3.8, 4) is 5.75 Å².